The Hall–Kier alpha value is -1.78. The Morgan fingerprint density at radius 2 is 2.29 bits per heavy atom. The average molecular weight is 192 g/mol. The van der Waals surface area contributed by atoms with Gasteiger partial charge in [-0.25, -0.2) is 19.3 Å². The zero-order chi connectivity index (χ0) is 9.97. The molecule has 14 heavy (non-hydrogen) atoms. The molecule has 0 aliphatic heterocycles. The fourth-order valence-electron chi connectivity index (χ4n) is 1.21. The lowest BCUT2D eigenvalue weighted by Gasteiger charge is -2.04. The summed E-state index contributed by atoms with van der Waals surface area (Å²) in [6, 6.07) is 0. The number of hydrogen-bond acceptors (Lipinski definition) is 3. The first-order valence-corrected chi connectivity index (χ1v) is 4.30. The molecule has 2 aromatic rings. The number of halogens is 1. The van der Waals surface area contributed by atoms with E-state index in [0.29, 0.717) is 12.1 Å². The van der Waals surface area contributed by atoms with E-state index >= 15 is 0 Å². The van der Waals surface area contributed by atoms with Crippen molar-refractivity contribution in [2.24, 2.45) is 0 Å². The highest BCUT2D eigenvalue weighted by atomic mass is 19.1. The average Bonchev–Trinajstić information content (AvgIpc) is 2.71. The largest absolute Gasteiger partial charge is 0.288 e. The Labute approximate surface area is 80.5 Å². The predicted octanol–water partition coefficient (Wildman–Crippen LogP) is 1.36. The molecule has 0 unspecified atom stereocenters. The van der Waals surface area contributed by atoms with Gasteiger partial charge in [-0.15, -0.1) is 0 Å². The molecule has 72 valence electrons. The van der Waals surface area contributed by atoms with Gasteiger partial charge in [-0.05, 0) is 6.42 Å². The van der Waals surface area contributed by atoms with E-state index in [9.17, 15) is 4.39 Å². The summed E-state index contributed by atoms with van der Waals surface area (Å²) in [7, 11) is 0. The number of hydrogen-bond donors (Lipinski definition) is 0. The summed E-state index contributed by atoms with van der Waals surface area (Å²) in [5.74, 6) is -0.137. The van der Waals surface area contributed by atoms with Gasteiger partial charge in [0, 0.05) is 12.4 Å². The lowest BCUT2D eigenvalue weighted by Crippen LogP contribution is -2.04. The summed E-state index contributed by atoms with van der Waals surface area (Å²) < 4.78 is 15.2. The molecule has 4 nitrogen and oxygen atoms in total. The van der Waals surface area contributed by atoms with E-state index in [1.54, 1.807) is 12.4 Å². The van der Waals surface area contributed by atoms with Crippen molar-refractivity contribution in [1.82, 2.24) is 19.5 Å². The highest BCUT2D eigenvalue weighted by Crippen LogP contribution is 2.12. The number of imidazole rings is 1. The summed E-state index contributed by atoms with van der Waals surface area (Å²) >= 11 is 0. The van der Waals surface area contributed by atoms with Crippen molar-refractivity contribution >= 4 is 0 Å². The van der Waals surface area contributed by atoms with Crippen LogP contribution < -0.4 is 0 Å². The van der Waals surface area contributed by atoms with Gasteiger partial charge < -0.3 is 0 Å². The van der Waals surface area contributed by atoms with Crippen LogP contribution in [-0.2, 0) is 6.42 Å². The third kappa shape index (κ3) is 1.37. The maximum atomic E-state index is 13.7. The van der Waals surface area contributed by atoms with E-state index in [1.807, 2.05) is 6.92 Å². The molecule has 5 heteroatoms. The smallest absolute Gasteiger partial charge is 0.187 e. The lowest BCUT2D eigenvalue weighted by molar-refractivity contribution is 0.582. The third-order valence-electron chi connectivity index (χ3n) is 1.93. The Kier molecular flexibility index (Phi) is 2.22. The fraction of sp³-hybridized carbons (Fsp3) is 0.222. The van der Waals surface area contributed by atoms with E-state index in [1.165, 1.54) is 17.2 Å². The molecule has 0 amide bonds. The second-order valence-corrected chi connectivity index (χ2v) is 2.78. The van der Waals surface area contributed by atoms with E-state index in [-0.39, 0.29) is 11.6 Å². The van der Waals surface area contributed by atoms with Crippen LogP contribution in [0.15, 0.2) is 25.0 Å². The second-order valence-electron chi connectivity index (χ2n) is 2.78. The topological polar surface area (TPSA) is 43.6 Å². The molecule has 2 aromatic heterocycles. The summed E-state index contributed by atoms with van der Waals surface area (Å²) in [6.45, 7) is 1.85. The Morgan fingerprint density at radius 3 is 2.93 bits per heavy atom. The van der Waals surface area contributed by atoms with Gasteiger partial charge in [-0.3, -0.25) is 4.57 Å². The number of aromatic nitrogens is 4. The van der Waals surface area contributed by atoms with Gasteiger partial charge in [0.2, 0.25) is 0 Å². The molecular weight excluding hydrogens is 183 g/mol. The van der Waals surface area contributed by atoms with Gasteiger partial charge in [0.15, 0.2) is 11.6 Å². The molecule has 0 aliphatic carbocycles. The van der Waals surface area contributed by atoms with Gasteiger partial charge in [0.05, 0.1) is 5.69 Å². The van der Waals surface area contributed by atoms with Crippen molar-refractivity contribution in [3.05, 3.63) is 36.6 Å². The van der Waals surface area contributed by atoms with Crippen LogP contribution in [0.2, 0.25) is 0 Å². The molecule has 0 bridgehead atoms. The third-order valence-corrected chi connectivity index (χ3v) is 1.93. The van der Waals surface area contributed by atoms with E-state index in [0.717, 1.165) is 0 Å². The highest BCUT2D eigenvalue weighted by Gasteiger charge is 2.10. The van der Waals surface area contributed by atoms with Crippen molar-refractivity contribution in [1.29, 1.82) is 0 Å². The minimum atomic E-state index is -0.381. The van der Waals surface area contributed by atoms with Gasteiger partial charge in [0.25, 0.3) is 0 Å². The maximum absolute atomic E-state index is 13.7. The standard InChI is InChI=1S/C9H9FN4/c1-2-7-8(10)9(13-5-12-7)14-4-3-11-6-14/h3-6H,2H2,1H3. The first kappa shape index (κ1) is 8.80. The monoisotopic (exact) mass is 192 g/mol. The Morgan fingerprint density at radius 1 is 1.43 bits per heavy atom. The second kappa shape index (κ2) is 3.53. The van der Waals surface area contributed by atoms with Crippen LogP contribution in [0.3, 0.4) is 0 Å². The minimum absolute atomic E-state index is 0.245. The Balaban J connectivity index is 2.54. The SMILES string of the molecule is CCc1ncnc(-n2ccnc2)c1F. The molecule has 0 aliphatic rings. The lowest BCUT2D eigenvalue weighted by atomic mass is 10.3. The minimum Gasteiger partial charge on any atom is -0.288 e. The fourth-order valence-corrected chi connectivity index (χ4v) is 1.21. The van der Waals surface area contributed by atoms with Crippen LogP contribution >= 0.6 is 0 Å². The normalized spacial score (nSPS) is 10.4. The molecular formula is C9H9FN4. The number of rotatable bonds is 2. The van der Waals surface area contributed by atoms with E-state index in [4.69, 9.17) is 0 Å². The molecule has 0 aromatic carbocycles. The molecule has 0 fully saturated rings. The van der Waals surface area contributed by atoms with Crippen LogP contribution in [0.4, 0.5) is 4.39 Å². The van der Waals surface area contributed by atoms with Gasteiger partial charge >= 0.3 is 0 Å². The molecule has 0 saturated heterocycles. The predicted molar refractivity (Wildman–Crippen MR) is 48.5 cm³/mol. The molecule has 0 radical (unpaired) electrons. The highest BCUT2D eigenvalue weighted by molar-refractivity contribution is 5.26. The quantitative estimate of drug-likeness (QED) is 0.721. The van der Waals surface area contributed by atoms with Crippen LogP contribution in [0, 0.1) is 5.82 Å². The van der Waals surface area contributed by atoms with Gasteiger partial charge in [-0.2, -0.15) is 0 Å². The molecule has 0 atom stereocenters. The number of nitrogens with zero attached hydrogens (tertiary/aromatic N) is 4. The van der Waals surface area contributed by atoms with Crippen molar-refractivity contribution in [3.8, 4) is 5.82 Å². The van der Waals surface area contributed by atoms with Crippen LogP contribution in [0.1, 0.15) is 12.6 Å². The molecule has 0 N–H and O–H groups in total. The van der Waals surface area contributed by atoms with Crippen LogP contribution in [0.5, 0.6) is 0 Å². The molecule has 2 rings (SSSR count). The Bertz CT molecular complexity index is 424. The van der Waals surface area contributed by atoms with Crippen molar-refractivity contribution in [2.45, 2.75) is 13.3 Å². The summed E-state index contributed by atoms with van der Waals surface area (Å²) in [5, 5.41) is 0. The van der Waals surface area contributed by atoms with Crippen molar-refractivity contribution in [3.63, 3.8) is 0 Å². The van der Waals surface area contributed by atoms with Crippen LogP contribution in [-0.4, -0.2) is 19.5 Å². The zero-order valence-electron chi connectivity index (χ0n) is 7.68. The molecule has 0 saturated carbocycles. The maximum Gasteiger partial charge on any atom is 0.187 e. The molecule has 0 spiro atoms. The van der Waals surface area contributed by atoms with Crippen LogP contribution in [0.25, 0.3) is 5.82 Å². The van der Waals surface area contributed by atoms with Crippen molar-refractivity contribution in [2.75, 3.05) is 0 Å². The van der Waals surface area contributed by atoms with Gasteiger partial charge in [-0.1, -0.05) is 6.92 Å². The van der Waals surface area contributed by atoms with E-state index < -0.39 is 0 Å². The molecule has 2 heterocycles. The van der Waals surface area contributed by atoms with E-state index in [2.05, 4.69) is 15.0 Å². The summed E-state index contributed by atoms with van der Waals surface area (Å²) in [6.07, 6.45) is 6.64. The first-order valence-electron chi connectivity index (χ1n) is 4.30. The summed E-state index contributed by atoms with van der Waals surface area (Å²) in [4.78, 5) is 11.5. The van der Waals surface area contributed by atoms with Gasteiger partial charge in [0.1, 0.15) is 12.7 Å². The first-order chi connectivity index (χ1) is 6.83. The number of aryl methyl sites for hydroxylation is 1. The zero-order valence-corrected chi connectivity index (χ0v) is 7.68. The summed E-state index contributed by atoms with van der Waals surface area (Å²) in [5.41, 5.74) is 0.420. The van der Waals surface area contributed by atoms with Crippen molar-refractivity contribution < 1.29 is 4.39 Å².